The minimum absolute atomic E-state index is 0.0557. The lowest BCUT2D eigenvalue weighted by Gasteiger charge is -2.58. The minimum atomic E-state index is -0.252. The number of hydrogen-bond acceptors (Lipinski definition) is 4. The van der Waals surface area contributed by atoms with Gasteiger partial charge >= 0.3 is 11.9 Å². The smallest absolute Gasteiger partial charge is 0.307 e. The number of allylic oxidation sites excluding steroid dienone is 2. The van der Waals surface area contributed by atoms with Crippen molar-refractivity contribution in [2.75, 3.05) is 0 Å². The maximum atomic E-state index is 11.5. The largest absolute Gasteiger partial charge is 0.462 e. The van der Waals surface area contributed by atoms with Gasteiger partial charge in [-0.1, -0.05) is 32.1 Å². The van der Waals surface area contributed by atoms with Crippen LogP contribution in [-0.2, 0) is 19.1 Å². The van der Waals surface area contributed by atoms with E-state index in [1.807, 2.05) is 0 Å². The van der Waals surface area contributed by atoms with Crippen molar-refractivity contribution in [2.24, 2.45) is 34.5 Å². The Bertz CT molecular complexity index is 752. The fourth-order valence-corrected chi connectivity index (χ4v) is 7.75. The van der Waals surface area contributed by atoms with E-state index < -0.39 is 0 Å². The van der Waals surface area contributed by atoms with Gasteiger partial charge in [0.15, 0.2) is 0 Å². The Morgan fingerprint density at radius 3 is 2.48 bits per heavy atom. The zero-order valence-corrected chi connectivity index (χ0v) is 18.5. The predicted molar refractivity (Wildman–Crippen MR) is 112 cm³/mol. The summed E-state index contributed by atoms with van der Waals surface area (Å²) in [4.78, 5) is 22.9. The van der Waals surface area contributed by atoms with Crippen LogP contribution in [0.2, 0.25) is 0 Å². The average Bonchev–Trinajstić information content (AvgIpc) is 2.98. The summed E-state index contributed by atoms with van der Waals surface area (Å²) in [5, 5.41) is 0. The van der Waals surface area contributed by atoms with E-state index >= 15 is 0 Å². The van der Waals surface area contributed by atoms with E-state index in [9.17, 15) is 9.59 Å². The van der Waals surface area contributed by atoms with Crippen LogP contribution in [0.4, 0.5) is 0 Å². The molecular formula is C25H36O4. The quantitative estimate of drug-likeness (QED) is 0.353. The molecule has 29 heavy (non-hydrogen) atoms. The number of ether oxygens (including phenoxy) is 2. The third-order valence-electron chi connectivity index (χ3n) is 9.05. The van der Waals surface area contributed by atoms with Gasteiger partial charge in [-0.2, -0.15) is 0 Å². The van der Waals surface area contributed by atoms with Crippen LogP contribution in [0.3, 0.4) is 0 Å². The summed E-state index contributed by atoms with van der Waals surface area (Å²) in [6.07, 6.45) is 11.4. The first-order valence-corrected chi connectivity index (χ1v) is 11.4. The first-order chi connectivity index (χ1) is 13.6. The normalized spacial score (nSPS) is 43.3. The lowest BCUT2D eigenvalue weighted by atomic mass is 9.47. The second-order valence-corrected chi connectivity index (χ2v) is 10.5. The van der Waals surface area contributed by atoms with E-state index in [2.05, 4.69) is 26.5 Å². The van der Waals surface area contributed by atoms with Crippen molar-refractivity contribution in [3.63, 3.8) is 0 Å². The molecule has 4 aliphatic rings. The highest BCUT2D eigenvalue weighted by Gasteiger charge is 2.59. The van der Waals surface area contributed by atoms with Gasteiger partial charge in [0.25, 0.3) is 0 Å². The first-order valence-electron chi connectivity index (χ1n) is 11.4. The molecule has 0 N–H and O–H groups in total. The molecular weight excluding hydrogens is 364 g/mol. The first kappa shape index (κ1) is 20.7. The summed E-state index contributed by atoms with van der Waals surface area (Å²) in [7, 11) is 0. The molecule has 0 aromatic rings. The topological polar surface area (TPSA) is 52.6 Å². The van der Waals surface area contributed by atoms with E-state index in [1.54, 1.807) is 0 Å². The maximum absolute atomic E-state index is 11.5. The second-order valence-electron chi connectivity index (χ2n) is 10.5. The summed E-state index contributed by atoms with van der Waals surface area (Å²) in [6.45, 7) is 12.0. The number of rotatable bonds is 3. The molecule has 0 saturated heterocycles. The van der Waals surface area contributed by atoms with Crippen LogP contribution in [0, 0.1) is 34.5 Å². The molecule has 3 fully saturated rings. The summed E-state index contributed by atoms with van der Waals surface area (Å²) in [5.74, 6) is 2.63. The van der Waals surface area contributed by atoms with Gasteiger partial charge in [0.05, 0.1) is 0 Å². The molecule has 0 aromatic carbocycles. The molecule has 7 atom stereocenters. The molecule has 0 radical (unpaired) electrons. The Hall–Kier alpha value is -1.58. The lowest BCUT2D eigenvalue weighted by molar-refractivity contribution is -0.149. The molecule has 3 saturated carbocycles. The van der Waals surface area contributed by atoms with Crippen LogP contribution in [0.1, 0.15) is 79.1 Å². The minimum Gasteiger partial charge on any atom is -0.462 e. The van der Waals surface area contributed by atoms with Crippen LogP contribution < -0.4 is 0 Å². The van der Waals surface area contributed by atoms with Crippen molar-refractivity contribution in [3.05, 3.63) is 24.0 Å². The standard InChI is InChI=1S/C25H36O4/c1-15(28-16(2)26)21-8-9-22-20-7-6-18-14-19(29-17(3)27)10-12-24(18,4)23(20)11-13-25(21,22)5/h6,19-23H,1,7-14H2,2-5H3/t19?,20?,21?,22?,23?,24-,25+/m0/s1. The van der Waals surface area contributed by atoms with Crippen molar-refractivity contribution < 1.29 is 19.1 Å². The Balaban J connectivity index is 1.55. The SMILES string of the molecule is C=C(OC(C)=O)C1CCC2C3CC=C4CC(OC(C)=O)CC[C@]4(C)C3CC[C@]12C. The Labute approximate surface area is 175 Å². The fourth-order valence-electron chi connectivity index (χ4n) is 7.75. The van der Waals surface area contributed by atoms with Crippen LogP contribution in [0.15, 0.2) is 24.0 Å². The zero-order chi connectivity index (χ0) is 21.0. The van der Waals surface area contributed by atoms with Crippen LogP contribution in [0.5, 0.6) is 0 Å². The second kappa shape index (κ2) is 7.28. The summed E-state index contributed by atoms with van der Waals surface area (Å²) >= 11 is 0. The zero-order valence-electron chi connectivity index (χ0n) is 18.5. The van der Waals surface area contributed by atoms with Gasteiger partial charge in [0.2, 0.25) is 0 Å². The summed E-state index contributed by atoms with van der Waals surface area (Å²) < 4.78 is 11.0. The Morgan fingerprint density at radius 2 is 1.79 bits per heavy atom. The molecule has 160 valence electrons. The molecule has 4 heteroatoms. The van der Waals surface area contributed by atoms with E-state index in [1.165, 1.54) is 38.7 Å². The predicted octanol–water partition coefficient (Wildman–Crippen LogP) is 5.57. The number of hydrogen-bond donors (Lipinski definition) is 0. The third kappa shape index (κ3) is 3.37. The van der Waals surface area contributed by atoms with Gasteiger partial charge < -0.3 is 9.47 Å². The number of fused-ring (bicyclic) bond motifs is 5. The van der Waals surface area contributed by atoms with Crippen LogP contribution >= 0.6 is 0 Å². The summed E-state index contributed by atoms with van der Waals surface area (Å²) in [5.41, 5.74) is 1.95. The highest BCUT2D eigenvalue weighted by molar-refractivity contribution is 5.67. The molecule has 0 bridgehead atoms. The van der Waals surface area contributed by atoms with Gasteiger partial charge in [-0.3, -0.25) is 9.59 Å². The van der Waals surface area contributed by atoms with Crippen molar-refractivity contribution in [1.82, 2.24) is 0 Å². The van der Waals surface area contributed by atoms with Gasteiger partial charge in [-0.15, -0.1) is 0 Å². The van der Waals surface area contributed by atoms with E-state index in [0.29, 0.717) is 23.5 Å². The van der Waals surface area contributed by atoms with Crippen molar-refractivity contribution in [2.45, 2.75) is 85.2 Å². The van der Waals surface area contributed by atoms with Gasteiger partial charge in [-0.25, -0.2) is 0 Å². The van der Waals surface area contributed by atoms with E-state index in [0.717, 1.165) is 32.1 Å². The van der Waals surface area contributed by atoms with E-state index in [-0.39, 0.29) is 34.8 Å². The number of esters is 2. The van der Waals surface area contributed by atoms with Gasteiger partial charge in [0, 0.05) is 26.2 Å². The Kier molecular flexibility index (Phi) is 5.19. The van der Waals surface area contributed by atoms with Crippen molar-refractivity contribution in [3.8, 4) is 0 Å². The third-order valence-corrected chi connectivity index (χ3v) is 9.05. The van der Waals surface area contributed by atoms with Crippen LogP contribution in [0.25, 0.3) is 0 Å². The molecule has 4 aliphatic carbocycles. The highest BCUT2D eigenvalue weighted by atomic mass is 16.5. The van der Waals surface area contributed by atoms with E-state index in [4.69, 9.17) is 9.47 Å². The number of carbonyl (C=O) groups is 2. The molecule has 4 nitrogen and oxygen atoms in total. The average molecular weight is 401 g/mol. The molecule has 5 unspecified atom stereocenters. The molecule has 0 aliphatic heterocycles. The monoisotopic (exact) mass is 400 g/mol. The summed E-state index contributed by atoms with van der Waals surface area (Å²) in [6, 6.07) is 0. The Morgan fingerprint density at radius 1 is 1.03 bits per heavy atom. The molecule has 0 heterocycles. The number of carbonyl (C=O) groups excluding carboxylic acids is 2. The highest BCUT2D eigenvalue weighted by Crippen LogP contribution is 2.67. The van der Waals surface area contributed by atoms with Crippen molar-refractivity contribution in [1.29, 1.82) is 0 Å². The van der Waals surface area contributed by atoms with Crippen LogP contribution in [-0.4, -0.2) is 18.0 Å². The van der Waals surface area contributed by atoms with Gasteiger partial charge in [-0.05, 0) is 73.5 Å². The fraction of sp³-hybridized carbons (Fsp3) is 0.760. The molecule has 4 rings (SSSR count). The molecule has 0 spiro atoms. The lowest BCUT2D eigenvalue weighted by Crippen LogP contribution is -2.50. The maximum Gasteiger partial charge on any atom is 0.307 e. The van der Waals surface area contributed by atoms with Crippen molar-refractivity contribution >= 4 is 11.9 Å². The molecule has 0 aromatic heterocycles. The van der Waals surface area contributed by atoms with Gasteiger partial charge in [0.1, 0.15) is 11.9 Å². The molecule has 0 amide bonds.